The lowest BCUT2D eigenvalue weighted by molar-refractivity contribution is -0.142. The van der Waals surface area contributed by atoms with Crippen molar-refractivity contribution < 1.29 is 14.7 Å². The number of para-hydroxylation sites is 1. The lowest BCUT2D eigenvalue weighted by atomic mass is 9.97. The molecule has 4 rings (SSSR count). The largest absolute Gasteiger partial charge is 0.480 e. The number of rotatable bonds is 3. The number of carbonyl (C=O) groups is 2. The monoisotopic (exact) mass is 350 g/mol. The number of hydrogen-bond acceptors (Lipinski definition) is 3. The molecule has 132 valence electrons. The van der Waals surface area contributed by atoms with Gasteiger partial charge in [0.1, 0.15) is 6.04 Å². The quantitative estimate of drug-likeness (QED) is 0.675. The van der Waals surface area contributed by atoms with Crippen molar-refractivity contribution >= 4 is 22.9 Å². The highest BCUT2D eigenvalue weighted by Gasteiger charge is 2.36. The van der Waals surface area contributed by atoms with Crippen molar-refractivity contribution in [2.24, 2.45) is 0 Å². The summed E-state index contributed by atoms with van der Waals surface area (Å²) in [7, 11) is 0. The van der Waals surface area contributed by atoms with Gasteiger partial charge >= 0.3 is 12.0 Å². The van der Waals surface area contributed by atoms with Crippen molar-refractivity contribution in [3.05, 3.63) is 65.6 Å². The van der Waals surface area contributed by atoms with Crippen LogP contribution in [0.5, 0.6) is 0 Å². The number of nitrogens with one attached hydrogen (secondary N) is 2. The number of nitrogens with zero attached hydrogens (tertiary/aromatic N) is 2. The van der Waals surface area contributed by atoms with Crippen molar-refractivity contribution in [1.29, 1.82) is 0 Å². The third-order valence-corrected chi connectivity index (χ3v) is 4.72. The number of hydrogen-bond donors (Lipinski definition) is 3. The Bertz CT molecular complexity index is 967. The van der Waals surface area contributed by atoms with E-state index in [9.17, 15) is 14.7 Å². The Morgan fingerprint density at radius 3 is 2.88 bits per heavy atom. The molecule has 2 aromatic heterocycles. The second-order valence-corrected chi connectivity index (χ2v) is 6.33. The Labute approximate surface area is 149 Å². The number of carboxylic acid groups (broad SMARTS) is 1. The van der Waals surface area contributed by atoms with Crippen LogP contribution in [-0.4, -0.2) is 38.0 Å². The van der Waals surface area contributed by atoms with Crippen LogP contribution in [0.2, 0.25) is 0 Å². The molecular formula is C19H18N4O3. The van der Waals surface area contributed by atoms with Crippen LogP contribution in [0, 0.1) is 0 Å². The van der Waals surface area contributed by atoms with Crippen LogP contribution in [-0.2, 0) is 24.3 Å². The summed E-state index contributed by atoms with van der Waals surface area (Å²) in [6.07, 6.45) is 3.61. The fraction of sp³-hybridized carbons (Fsp3) is 0.211. The topological polar surface area (TPSA) is 98.3 Å². The first-order valence-electron chi connectivity index (χ1n) is 8.38. The van der Waals surface area contributed by atoms with E-state index in [1.54, 1.807) is 18.5 Å². The Kier molecular flexibility index (Phi) is 4.04. The first kappa shape index (κ1) is 16.1. The lowest BCUT2D eigenvalue weighted by Crippen LogP contribution is -2.52. The summed E-state index contributed by atoms with van der Waals surface area (Å²) in [6, 6.07) is 10.1. The van der Waals surface area contributed by atoms with Crippen LogP contribution in [0.15, 0.2) is 48.8 Å². The first-order valence-corrected chi connectivity index (χ1v) is 8.38. The molecule has 0 unspecified atom stereocenters. The van der Waals surface area contributed by atoms with Gasteiger partial charge in [-0.25, -0.2) is 9.59 Å². The molecule has 0 fully saturated rings. The molecule has 3 N–H and O–H groups in total. The number of aromatic nitrogens is 2. The molecule has 7 nitrogen and oxygen atoms in total. The number of H-pyrrole nitrogens is 1. The molecule has 0 bridgehead atoms. The second kappa shape index (κ2) is 6.51. The van der Waals surface area contributed by atoms with Gasteiger partial charge in [0, 0.05) is 42.0 Å². The SMILES string of the molecule is O=C(O)[C@@H]1Cc2c([nH]c3ccccc23)CN1C(=O)NCc1cccnc1. The molecule has 0 saturated heterocycles. The van der Waals surface area contributed by atoms with E-state index in [2.05, 4.69) is 15.3 Å². The van der Waals surface area contributed by atoms with Crippen LogP contribution in [0.1, 0.15) is 16.8 Å². The molecule has 3 aromatic rings. The van der Waals surface area contributed by atoms with Gasteiger partial charge in [-0.1, -0.05) is 24.3 Å². The number of aliphatic carboxylic acids is 1. The smallest absolute Gasteiger partial charge is 0.326 e. The van der Waals surface area contributed by atoms with Gasteiger partial charge in [0.2, 0.25) is 0 Å². The van der Waals surface area contributed by atoms with Crippen molar-refractivity contribution in [1.82, 2.24) is 20.2 Å². The summed E-state index contributed by atoms with van der Waals surface area (Å²) in [5.41, 5.74) is 3.68. The molecule has 1 aliphatic rings. The van der Waals surface area contributed by atoms with E-state index in [0.717, 1.165) is 27.7 Å². The molecule has 0 saturated carbocycles. The Balaban J connectivity index is 1.58. The fourth-order valence-electron chi connectivity index (χ4n) is 3.42. The zero-order chi connectivity index (χ0) is 18.1. The molecule has 3 heterocycles. The number of benzene rings is 1. The molecule has 0 radical (unpaired) electrons. The van der Waals surface area contributed by atoms with Gasteiger partial charge in [-0.3, -0.25) is 4.98 Å². The van der Waals surface area contributed by atoms with Crippen LogP contribution < -0.4 is 5.32 Å². The summed E-state index contributed by atoms with van der Waals surface area (Å²) in [4.78, 5) is 33.1. The maximum Gasteiger partial charge on any atom is 0.326 e. The van der Waals surface area contributed by atoms with Gasteiger partial charge in [0.15, 0.2) is 0 Å². The number of carboxylic acids is 1. The minimum Gasteiger partial charge on any atom is -0.480 e. The third kappa shape index (κ3) is 2.88. The van der Waals surface area contributed by atoms with E-state index >= 15 is 0 Å². The normalized spacial score (nSPS) is 16.3. The van der Waals surface area contributed by atoms with Gasteiger partial charge in [0.25, 0.3) is 0 Å². The summed E-state index contributed by atoms with van der Waals surface area (Å²) in [5.74, 6) is -1.00. The van der Waals surface area contributed by atoms with Crippen LogP contribution in [0.4, 0.5) is 4.79 Å². The molecule has 0 aliphatic carbocycles. The summed E-state index contributed by atoms with van der Waals surface area (Å²) >= 11 is 0. The maximum atomic E-state index is 12.6. The van der Waals surface area contributed by atoms with Gasteiger partial charge in [-0.15, -0.1) is 0 Å². The van der Waals surface area contributed by atoms with E-state index in [-0.39, 0.29) is 13.0 Å². The number of aromatic amines is 1. The van der Waals surface area contributed by atoms with Gasteiger partial charge in [-0.05, 0) is 23.3 Å². The predicted octanol–water partition coefficient (Wildman–Crippen LogP) is 2.28. The summed E-state index contributed by atoms with van der Waals surface area (Å²) < 4.78 is 0. The van der Waals surface area contributed by atoms with Crippen molar-refractivity contribution in [3.8, 4) is 0 Å². The van der Waals surface area contributed by atoms with E-state index in [1.165, 1.54) is 4.90 Å². The van der Waals surface area contributed by atoms with E-state index in [0.29, 0.717) is 6.54 Å². The molecular weight excluding hydrogens is 332 g/mol. The molecule has 2 amide bonds. The molecule has 1 aliphatic heterocycles. The zero-order valence-electron chi connectivity index (χ0n) is 14.0. The highest BCUT2D eigenvalue weighted by atomic mass is 16.4. The van der Waals surface area contributed by atoms with E-state index < -0.39 is 18.0 Å². The second-order valence-electron chi connectivity index (χ2n) is 6.33. The van der Waals surface area contributed by atoms with Gasteiger partial charge in [-0.2, -0.15) is 0 Å². The maximum absolute atomic E-state index is 12.6. The third-order valence-electron chi connectivity index (χ3n) is 4.72. The molecule has 1 atom stereocenters. The zero-order valence-corrected chi connectivity index (χ0v) is 14.0. The van der Waals surface area contributed by atoms with Crippen molar-refractivity contribution in [2.75, 3.05) is 0 Å². The fourth-order valence-corrected chi connectivity index (χ4v) is 3.42. The summed E-state index contributed by atoms with van der Waals surface area (Å²) in [6.45, 7) is 0.537. The number of fused-ring (bicyclic) bond motifs is 3. The Hall–Kier alpha value is -3.35. The molecule has 7 heteroatoms. The van der Waals surface area contributed by atoms with Crippen molar-refractivity contribution in [3.63, 3.8) is 0 Å². The Morgan fingerprint density at radius 2 is 2.12 bits per heavy atom. The highest BCUT2D eigenvalue weighted by molar-refractivity contribution is 5.89. The standard InChI is InChI=1S/C19H18N4O3/c24-18(25)17-8-14-13-5-1-2-6-15(13)22-16(14)11-23(17)19(26)21-10-12-4-3-7-20-9-12/h1-7,9,17,22H,8,10-11H2,(H,21,26)(H,24,25)/t17-/m0/s1. The average Bonchev–Trinajstić information content (AvgIpc) is 3.03. The minimum absolute atomic E-state index is 0.236. The molecule has 0 spiro atoms. The van der Waals surface area contributed by atoms with Crippen LogP contribution in [0.3, 0.4) is 0 Å². The molecule has 1 aromatic carbocycles. The van der Waals surface area contributed by atoms with E-state index in [1.807, 2.05) is 30.3 Å². The van der Waals surface area contributed by atoms with Gasteiger partial charge in [0.05, 0.1) is 6.54 Å². The van der Waals surface area contributed by atoms with Crippen LogP contribution >= 0.6 is 0 Å². The summed E-state index contributed by atoms with van der Waals surface area (Å²) in [5, 5.41) is 13.4. The first-order chi connectivity index (χ1) is 12.6. The number of amides is 2. The van der Waals surface area contributed by atoms with Gasteiger partial charge < -0.3 is 20.3 Å². The van der Waals surface area contributed by atoms with Crippen molar-refractivity contribution in [2.45, 2.75) is 25.6 Å². The molecule has 26 heavy (non-hydrogen) atoms. The van der Waals surface area contributed by atoms with Crippen LogP contribution in [0.25, 0.3) is 10.9 Å². The lowest BCUT2D eigenvalue weighted by Gasteiger charge is -2.33. The highest BCUT2D eigenvalue weighted by Crippen LogP contribution is 2.30. The van der Waals surface area contributed by atoms with E-state index in [4.69, 9.17) is 0 Å². The minimum atomic E-state index is -1.00. The predicted molar refractivity (Wildman–Crippen MR) is 95.4 cm³/mol. The number of carbonyl (C=O) groups excluding carboxylic acids is 1. The average molecular weight is 350 g/mol. The Morgan fingerprint density at radius 1 is 1.27 bits per heavy atom. The number of urea groups is 1. The number of pyridine rings is 1.